The molecular formula is C27H30ClN3O2. The molecule has 1 atom stereocenters. The van der Waals surface area contributed by atoms with E-state index < -0.39 is 5.41 Å². The van der Waals surface area contributed by atoms with Crippen molar-refractivity contribution in [3.8, 4) is 5.75 Å². The molecule has 6 heteroatoms. The van der Waals surface area contributed by atoms with Crippen LogP contribution in [-0.4, -0.2) is 42.0 Å². The third-order valence-corrected chi connectivity index (χ3v) is 6.64. The Labute approximate surface area is 200 Å². The van der Waals surface area contributed by atoms with Gasteiger partial charge in [-0.2, -0.15) is 0 Å². The third kappa shape index (κ3) is 6.12. The van der Waals surface area contributed by atoms with Gasteiger partial charge in [-0.25, -0.2) is 0 Å². The predicted octanol–water partition coefficient (Wildman–Crippen LogP) is 5.12. The maximum absolute atomic E-state index is 13.4. The van der Waals surface area contributed by atoms with E-state index in [0.717, 1.165) is 49.5 Å². The van der Waals surface area contributed by atoms with Gasteiger partial charge in [0.25, 0.3) is 0 Å². The van der Waals surface area contributed by atoms with Gasteiger partial charge < -0.3 is 10.1 Å². The second kappa shape index (κ2) is 10.8. The number of aromatic nitrogens is 1. The van der Waals surface area contributed by atoms with Gasteiger partial charge >= 0.3 is 0 Å². The highest BCUT2D eigenvalue weighted by Gasteiger charge is 2.38. The molecule has 0 spiro atoms. The number of carbonyl (C=O) groups is 1. The number of nitrogens with one attached hydrogen (secondary N) is 1. The summed E-state index contributed by atoms with van der Waals surface area (Å²) >= 11 is 6.08. The smallest absolute Gasteiger partial charge is 0.226 e. The summed E-state index contributed by atoms with van der Waals surface area (Å²) in [6.45, 7) is 5.31. The summed E-state index contributed by atoms with van der Waals surface area (Å²) in [4.78, 5) is 20.3. The molecular weight excluding hydrogens is 434 g/mol. The minimum absolute atomic E-state index is 0.0632. The molecule has 4 rings (SSSR count). The summed E-state index contributed by atoms with van der Waals surface area (Å²) in [5, 5.41) is 3.94. The number of ether oxygens (including phenoxy) is 1. The molecule has 0 bridgehead atoms. The van der Waals surface area contributed by atoms with Gasteiger partial charge in [-0.15, -0.1) is 0 Å². The Morgan fingerprint density at radius 1 is 1.06 bits per heavy atom. The number of nitrogens with zero attached hydrogens (tertiary/aromatic N) is 2. The molecule has 0 radical (unpaired) electrons. The Morgan fingerprint density at radius 2 is 1.76 bits per heavy atom. The molecule has 1 amide bonds. The average Bonchev–Trinajstić information content (AvgIpc) is 2.85. The van der Waals surface area contributed by atoms with Crippen LogP contribution in [0.3, 0.4) is 0 Å². The van der Waals surface area contributed by atoms with Gasteiger partial charge in [0, 0.05) is 23.2 Å². The van der Waals surface area contributed by atoms with Gasteiger partial charge in [0.1, 0.15) is 12.4 Å². The van der Waals surface area contributed by atoms with Crippen molar-refractivity contribution in [3.05, 3.63) is 95.3 Å². The van der Waals surface area contributed by atoms with Crippen LogP contribution in [-0.2, 0) is 4.79 Å². The quantitative estimate of drug-likeness (QED) is 0.503. The second-order valence-corrected chi connectivity index (χ2v) is 9.21. The number of amides is 1. The number of para-hydroxylation sites is 1. The van der Waals surface area contributed by atoms with Crippen LogP contribution in [0.25, 0.3) is 0 Å². The van der Waals surface area contributed by atoms with Crippen molar-refractivity contribution in [2.75, 3.05) is 26.2 Å². The Kier molecular flexibility index (Phi) is 7.63. The van der Waals surface area contributed by atoms with Crippen molar-refractivity contribution in [2.45, 2.75) is 25.8 Å². The van der Waals surface area contributed by atoms with Crippen molar-refractivity contribution in [1.29, 1.82) is 0 Å². The van der Waals surface area contributed by atoms with Crippen LogP contribution >= 0.6 is 11.6 Å². The largest absolute Gasteiger partial charge is 0.492 e. The van der Waals surface area contributed by atoms with E-state index in [9.17, 15) is 4.79 Å². The molecule has 2 aromatic carbocycles. The molecule has 0 saturated carbocycles. The van der Waals surface area contributed by atoms with E-state index in [1.165, 1.54) is 0 Å². The van der Waals surface area contributed by atoms with Crippen molar-refractivity contribution < 1.29 is 9.53 Å². The lowest BCUT2D eigenvalue weighted by atomic mass is 9.79. The van der Waals surface area contributed by atoms with E-state index in [2.05, 4.69) is 22.1 Å². The van der Waals surface area contributed by atoms with Gasteiger partial charge in [0.2, 0.25) is 5.91 Å². The molecule has 0 aliphatic carbocycles. The summed E-state index contributed by atoms with van der Waals surface area (Å²) in [5.74, 6) is 0.953. The molecule has 3 aromatic rings. The molecule has 1 aliphatic heterocycles. The van der Waals surface area contributed by atoms with E-state index in [-0.39, 0.29) is 11.9 Å². The highest BCUT2D eigenvalue weighted by molar-refractivity contribution is 6.30. The maximum Gasteiger partial charge on any atom is 0.226 e. The molecule has 1 aliphatic rings. The van der Waals surface area contributed by atoms with Crippen molar-refractivity contribution in [3.63, 3.8) is 0 Å². The van der Waals surface area contributed by atoms with Crippen LogP contribution in [0.5, 0.6) is 5.75 Å². The Hall–Kier alpha value is -2.89. The van der Waals surface area contributed by atoms with Crippen LogP contribution in [0.1, 0.15) is 37.1 Å². The number of hydrogen-bond donors (Lipinski definition) is 1. The lowest BCUT2D eigenvalue weighted by Gasteiger charge is -2.39. The molecule has 1 fully saturated rings. The predicted molar refractivity (Wildman–Crippen MR) is 131 cm³/mol. The molecule has 1 unspecified atom stereocenters. The number of piperidine rings is 1. The van der Waals surface area contributed by atoms with Gasteiger partial charge in [-0.3, -0.25) is 14.7 Å². The fourth-order valence-corrected chi connectivity index (χ4v) is 4.27. The number of rotatable bonds is 8. The lowest BCUT2D eigenvalue weighted by molar-refractivity contribution is -0.133. The molecule has 1 N–H and O–H groups in total. The van der Waals surface area contributed by atoms with E-state index in [1.54, 1.807) is 6.20 Å². The summed E-state index contributed by atoms with van der Waals surface area (Å²) in [5.41, 5.74) is 1.36. The Bertz CT molecular complexity index is 1020. The Morgan fingerprint density at radius 3 is 2.42 bits per heavy atom. The van der Waals surface area contributed by atoms with Crippen molar-refractivity contribution >= 4 is 17.5 Å². The fraction of sp³-hybridized carbons (Fsp3) is 0.333. The zero-order chi connectivity index (χ0) is 23.1. The molecule has 33 heavy (non-hydrogen) atoms. The number of benzene rings is 2. The maximum atomic E-state index is 13.4. The topological polar surface area (TPSA) is 54.5 Å². The van der Waals surface area contributed by atoms with E-state index >= 15 is 0 Å². The number of carbonyl (C=O) groups excluding carboxylic acids is 1. The zero-order valence-electron chi connectivity index (χ0n) is 18.9. The van der Waals surface area contributed by atoms with Gasteiger partial charge in [0.05, 0.1) is 11.7 Å². The van der Waals surface area contributed by atoms with Crippen LogP contribution in [0, 0.1) is 5.41 Å². The molecule has 172 valence electrons. The summed E-state index contributed by atoms with van der Waals surface area (Å²) < 4.78 is 5.83. The summed E-state index contributed by atoms with van der Waals surface area (Å²) in [6.07, 6.45) is 3.36. The first-order valence-electron chi connectivity index (χ1n) is 11.4. The van der Waals surface area contributed by atoms with E-state index in [0.29, 0.717) is 11.6 Å². The SMILES string of the molecule is CC1(C(=O)NC(c2ccc(Cl)cc2)c2ccccn2)CCN(CCOc2ccccc2)CC1. The first-order chi connectivity index (χ1) is 16.0. The highest BCUT2D eigenvalue weighted by Crippen LogP contribution is 2.33. The van der Waals surface area contributed by atoms with Crippen LogP contribution < -0.4 is 10.1 Å². The lowest BCUT2D eigenvalue weighted by Crippen LogP contribution is -2.48. The average molecular weight is 464 g/mol. The van der Waals surface area contributed by atoms with Crippen molar-refractivity contribution in [2.24, 2.45) is 5.41 Å². The summed E-state index contributed by atoms with van der Waals surface area (Å²) in [7, 11) is 0. The normalized spacial score (nSPS) is 16.7. The first kappa shape index (κ1) is 23.3. The highest BCUT2D eigenvalue weighted by atomic mass is 35.5. The van der Waals surface area contributed by atoms with Crippen LogP contribution in [0.4, 0.5) is 0 Å². The third-order valence-electron chi connectivity index (χ3n) is 6.39. The van der Waals surface area contributed by atoms with Crippen LogP contribution in [0.2, 0.25) is 5.02 Å². The monoisotopic (exact) mass is 463 g/mol. The molecule has 5 nitrogen and oxygen atoms in total. The number of halogens is 1. The number of likely N-dealkylation sites (tertiary alicyclic amines) is 1. The number of pyridine rings is 1. The standard InChI is InChI=1S/C27H30ClN3O2/c1-27(14-17-31(18-15-27)19-20-33-23-7-3-2-4-8-23)26(32)30-25(24-9-5-6-16-29-24)21-10-12-22(28)13-11-21/h2-13,16,25H,14-15,17-20H2,1H3,(H,30,32). The van der Waals surface area contributed by atoms with Gasteiger partial charge in [-0.1, -0.05) is 54.9 Å². The minimum Gasteiger partial charge on any atom is -0.492 e. The van der Waals surface area contributed by atoms with E-state index in [1.807, 2.05) is 72.8 Å². The van der Waals surface area contributed by atoms with E-state index in [4.69, 9.17) is 16.3 Å². The van der Waals surface area contributed by atoms with Crippen LogP contribution in [0.15, 0.2) is 79.0 Å². The zero-order valence-corrected chi connectivity index (χ0v) is 19.7. The molecule has 1 saturated heterocycles. The minimum atomic E-state index is -0.420. The molecule has 2 heterocycles. The van der Waals surface area contributed by atoms with Gasteiger partial charge in [-0.05, 0) is 67.9 Å². The molecule has 1 aromatic heterocycles. The Balaban J connectivity index is 1.35. The first-order valence-corrected chi connectivity index (χ1v) is 11.8. The summed E-state index contributed by atoms with van der Waals surface area (Å²) in [6, 6.07) is 22.9. The fourth-order valence-electron chi connectivity index (χ4n) is 4.14. The van der Waals surface area contributed by atoms with Crippen molar-refractivity contribution in [1.82, 2.24) is 15.2 Å². The second-order valence-electron chi connectivity index (χ2n) is 8.78. The van der Waals surface area contributed by atoms with Gasteiger partial charge in [0.15, 0.2) is 0 Å². The number of hydrogen-bond acceptors (Lipinski definition) is 4.